The van der Waals surface area contributed by atoms with Gasteiger partial charge >= 0.3 is 0 Å². The number of benzene rings is 1. The van der Waals surface area contributed by atoms with Gasteiger partial charge in [-0.3, -0.25) is 28.8 Å². The number of nitro benzene ring substituents is 1. The smallest absolute Gasteiger partial charge is 0.269 e. The Labute approximate surface area is 164 Å². The van der Waals surface area contributed by atoms with Crippen LogP contribution in [0, 0.1) is 14.9 Å². The lowest BCUT2D eigenvalue weighted by atomic mass is 9.99. The van der Waals surface area contributed by atoms with Gasteiger partial charge in [-0.05, 0) is 17.8 Å². The van der Waals surface area contributed by atoms with Gasteiger partial charge in [0, 0.05) is 39.6 Å². The van der Waals surface area contributed by atoms with Gasteiger partial charge in [-0.25, -0.2) is 5.01 Å². The van der Waals surface area contributed by atoms with E-state index in [0.29, 0.717) is 5.56 Å². The molecule has 2 heterocycles. The Kier molecular flexibility index (Phi) is 4.86. The first-order valence-electron chi connectivity index (χ1n) is 8.24. The molecule has 1 atom stereocenters. The van der Waals surface area contributed by atoms with Crippen LogP contribution in [0.5, 0.6) is 5.88 Å². The summed E-state index contributed by atoms with van der Waals surface area (Å²) in [6.45, 7) is 1.33. The maximum absolute atomic E-state index is 12.7. The first-order chi connectivity index (χ1) is 13.1. The lowest BCUT2D eigenvalue weighted by molar-refractivity contribution is -0.384. The van der Waals surface area contributed by atoms with Crippen molar-refractivity contribution in [2.75, 3.05) is 0 Å². The summed E-state index contributed by atoms with van der Waals surface area (Å²) < 4.78 is 2.64. The number of aromatic hydroxyl groups is 1. The van der Waals surface area contributed by atoms with Gasteiger partial charge in [-0.1, -0.05) is 12.1 Å². The molecule has 1 aliphatic heterocycles. The van der Waals surface area contributed by atoms with E-state index in [2.05, 4.69) is 5.10 Å². The van der Waals surface area contributed by atoms with Crippen molar-refractivity contribution in [1.82, 2.24) is 14.1 Å². The molecule has 0 aliphatic carbocycles. The minimum Gasteiger partial charge on any atom is -0.494 e. The van der Waals surface area contributed by atoms with E-state index in [1.54, 1.807) is 12.1 Å². The highest BCUT2D eigenvalue weighted by Gasteiger charge is 2.34. The molecule has 1 amide bonds. The highest BCUT2D eigenvalue weighted by atomic mass is 32.1. The molecule has 2 aromatic rings. The number of rotatable bonds is 3. The van der Waals surface area contributed by atoms with Crippen molar-refractivity contribution in [3.8, 4) is 5.88 Å². The maximum Gasteiger partial charge on any atom is 0.269 e. The van der Waals surface area contributed by atoms with Gasteiger partial charge < -0.3 is 5.11 Å². The van der Waals surface area contributed by atoms with E-state index in [1.807, 2.05) is 0 Å². The Bertz CT molecular complexity index is 1130. The molecule has 1 aliphatic rings. The number of hydrogen-bond acceptors (Lipinski definition) is 7. The highest BCUT2D eigenvalue weighted by molar-refractivity contribution is 7.71. The minimum atomic E-state index is -0.550. The van der Waals surface area contributed by atoms with Crippen LogP contribution in [0.15, 0.2) is 34.2 Å². The Morgan fingerprint density at radius 3 is 2.43 bits per heavy atom. The number of carbonyl (C=O) groups excluding carboxylic acids is 1. The third-order valence-electron chi connectivity index (χ3n) is 4.64. The molecular weight excluding hydrogens is 386 g/mol. The topological polar surface area (TPSA) is 123 Å². The number of nitro groups is 1. The average Bonchev–Trinajstić information content (AvgIpc) is 3.10. The van der Waals surface area contributed by atoms with Gasteiger partial charge in [0.2, 0.25) is 11.8 Å². The summed E-state index contributed by atoms with van der Waals surface area (Å²) in [6, 6.07) is 5.22. The average molecular weight is 403 g/mol. The van der Waals surface area contributed by atoms with Crippen molar-refractivity contribution >= 4 is 29.5 Å². The van der Waals surface area contributed by atoms with Crippen LogP contribution in [0.4, 0.5) is 5.69 Å². The third kappa shape index (κ3) is 3.09. The summed E-state index contributed by atoms with van der Waals surface area (Å²) in [5.74, 6) is -0.696. The molecule has 0 fully saturated rings. The fourth-order valence-corrected chi connectivity index (χ4v) is 3.28. The van der Waals surface area contributed by atoms with Gasteiger partial charge in [0.1, 0.15) is 5.56 Å². The SMILES string of the molecule is CC(=O)N1N=C(c2c(O)n(C)c(=S)n(C)c2=O)C[C@@H]1c1ccc([N+](=O)[O-])cc1. The Balaban J connectivity index is 2.08. The van der Waals surface area contributed by atoms with Crippen LogP contribution in [0.1, 0.15) is 30.5 Å². The summed E-state index contributed by atoms with van der Waals surface area (Å²) in [5, 5.41) is 26.8. The van der Waals surface area contributed by atoms with Crippen LogP contribution in [-0.4, -0.2) is 35.8 Å². The Morgan fingerprint density at radius 1 is 1.29 bits per heavy atom. The summed E-state index contributed by atoms with van der Waals surface area (Å²) in [5.41, 5.74) is 0.237. The second-order valence-electron chi connectivity index (χ2n) is 6.38. The molecule has 11 heteroatoms. The number of non-ortho nitro benzene ring substituents is 1. The zero-order valence-corrected chi connectivity index (χ0v) is 16.1. The van der Waals surface area contributed by atoms with Crippen molar-refractivity contribution in [3.05, 3.63) is 60.6 Å². The Morgan fingerprint density at radius 2 is 1.89 bits per heavy atom. The van der Waals surface area contributed by atoms with E-state index in [0.717, 1.165) is 0 Å². The van der Waals surface area contributed by atoms with E-state index in [9.17, 15) is 24.8 Å². The van der Waals surface area contributed by atoms with Gasteiger partial charge in [0.15, 0.2) is 4.77 Å². The van der Waals surface area contributed by atoms with Gasteiger partial charge in [-0.2, -0.15) is 5.10 Å². The number of nitrogens with zero attached hydrogens (tertiary/aromatic N) is 5. The van der Waals surface area contributed by atoms with Crippen LogP contribution >= 0.6 is 12.2 Å². The largest absolute Gasteiger partial charge is 0.494 e. The standard InChI is InChI=1S/C17H17N5O5S/c1-9(23)21-13(10-4-6-11(7-5-10)22(26)27)8-12(18-21)14-15(24)19(2)17(28)20(3)16(14)25/h4-7,13,24H,8H2,1-3H3/t13-/m1/s1. The molecule has 1 aromatic carbocycles. The number of hydrogen-bond donors (Lipinski definition) is 1. The van der Waals surface area contributed by atoms with Crippen molar-refractivity contribution in [3.63, 3.8) is 0 Å². The highest BCUT2D eigenvalue weighted by Crippen LogP contribution is 2.34. The predicted molar refractivity (Wildman–Crippen MR) is 103 cm³/mol. The maximum atomic E-state index is 12.7. The first-order valence-corrected chi connectivity index (χ1v) is 8.65. The lowest BCUT2D eigenvalue weighted by Gasteiger charge is -2.20. The van der Waals surface area contributed by atoms with Gasteiger partial charge in [0.25, 0.3) is 11.2 Å². The number of carbonyl (C=O) groups is 1. The van der Waals surface area contributed by atoms with Crippen molar-refractivity contribution in [2.45, 2.75) is 19.4 Å². The van der Waals surface area contributed by atoms with Gasteiger partial charge in [-0.15, -0.1) is 0 Å². The molecular formula is C17H17N5O5S. The third-order valence-corrected chi connectivity index (χ3v) is 5.19. The van der Waals surface area contributed by atoms with Crippen molar-refractivity contribution < 1.29 is 14.8 Å². The van der Waals surface area contributed by atoms with Crippen LogP contribution in [0.25, 0.3) is 0 Å². The first kappa shape index (κ1) is 19.4. The van der Waals surface area contributed by atoms with Gasteiger partial charge in [0.05, 0.1) is 16.7 Å². The second-order valence-corrected chi connectivity index (χ2v) is 6.75. The second kappa shape index (κ2) is 7.00. The molecule has 3 rings (SSSR count). The van der Waals surface area contributed by atoms with Crippen LogP contribution in [0.3, 0.4) is 0 Å². The molecule has 146 valence electrons. The summed E-state index contributed by atoms with van der Waals surface area (Å²) in [4.78, 5) is 35.1. The predicted octanol–water partition coefficient (Wildman–Crippen LogP) is 1.76. The monoisotopic (exact) mass is 403 g/mol. The van der Waals surface area contributed by atoms with E-state index in [4.69, 9.17) is 12.2 Å². The van der Waals surface area contributed by atoms with Crippen LogP contribution in [-0.2, 0) is 18.9 Å². The number of aromatic nitrogens is 2. The molecule has 28 heavy (non-hydrogen) atoms. The Hall–Kier alpha value is -3.34. The van der Waals surface area contributed by atoms with E-state index in [-0.39, 0.29) is 39.9 Å². The van der Waals surface area contributed by atoms with E-state index >= 15 is 0 Å². The number of hydrazone groups is 1. The molecule has 0 radical (unpaired) electrons. The summed E-state index contributed by atoms with van der Waals surface area (Å²) in [6.07, 6.45) is 0.164. The molecule has 0 saturated carbocycles. The van der Waals surface area contributed by atoms with Crippen LogP contribution in [0.2, 0.25) is 0 Å². The fourth-order valence-electron chi connectivity index (χ4n) is 3.12. The van der Waals surface area contributed by atoms with Crippen molar-refractivity contribution in [1.29, 1.82) is 0 Å². The molecule has 1 aromatic heterocycles. The summed E-state index contributed by atoms with van der Waals surface area (Å²) in [7, 11) is 3.01. The molecule has 0 spiro atoms. The zero-order valence-electron chi connectivity index (χ0n) is 15.3. The summed E-state index contributed by atoms with van der Waals surface area (Å²) >= 11 is 5.11. The number of amides is 1. The van der Waals surface area contributed by atoms with Crippen molar-refractivity contribution in [2.24, 2.45) is 19.2 Å². The molecule has 0 saturated heterocycles. The minimum absolute atomic E-state index is 0.0331. The quantitative estimate of drug-likeness (QED) is 0.473. The zero-order chi connectivity index (χ0) is 20.7. The van der Waals surface area contributed by atoms with E-state index in [1.165, 1.54) is 47.3 Å². The normalized spacial score (nSPS) is 16.2. The molecule has 0 bridgehead atoms. The lowest BCUT2D eigenvalue weighted by Crippen LogP contribution is -2.28. The van der Waals surface area contributed by atoms with Crippen LogP contribution < -0.4 is 5.56 Å². The molecule has 1 N–H and O–H groups in total. The van der Waals surface area contributed by atoms with E-state index < -0.39 is 16.5 Å². The molecule has 10 nitrogen and oxygen atoms in total. The fraction of sp³-hybridized carbons (Fsp3) is 0.294. The molecule has 0 unspecified atom stereocenters.